The summed E-state index contributed by atoms with van der Waals surface area (Å²) >= 11 is 3.65. The number of rotatable bonds is 7. The van der Waals surface area contributed by atoms with Crippen LogP contribution < -0.4 is 9.47 Å². The molecule has 2 heterocycles. The van der Waals surface area contributed by atoms with E-state index >= 15 is 0 Å². The van der Waals surface area contributed by atoms with E-state index in [4.69, 9.17) is 9.47 Å². The van der Waals surface area contributed by atoms with Gasteiger partial charge >= 0.3 is 0 Å². The predicted octanol–water partition coefficient (Wildman–Crippen LogP) is 4.40. The summed E-state index contributed by atoms with van der Waals surface area (Å²) in [6.45, 7) is 10.6. The second-order valence-electron chi connectivity index (χ2n) is 6.21. The summed E-state index contributed by atoms with van der Waals surface area (Å²) in [7, 11) is 0. The molecule has 0 bridgehead atoms. The Morgan fingerprint density at radius 1 is 1.24 bits per heavy atom. The van der Waals surface area contributed by atoms with Crippen molar-refractivity contribution in [1.82, 2.24) is 15.1 Å². The molecule has 1 aromatic heterocycles. The van der Waals surface area contributed by atoms with Gasteiger partial charge in [0.05, 0.1) is 23.4 Å². The number of hydrogen-bond acceptors (Lipinski definition) is 4. The van der Waals surface area contributed by atoms with Crippen molar-refractivity contribution in [1.29, 1.82) is 0 Å². The number of H-pyrrole nitrogens is 1. The number of halogens is 1. The van der Waals surface area contributed by atoms with Crippen LogP contribution in [0.5, 0.6) is 11.5 Å². The average Bonchev–Trinajstić information content (AvgIpc) is 3.04. The first-order valence-electron chi connectivity index (χ1n) is 9.05. The summed E-state index contributed by atoms with van der Waals surface area (Å²) in [5, 5.41) is 7.83. The summed E-state index contributed by atoms with van der Waals surface area (Å²) in [4.78, 5) is 2.44. The van der Waals surface area contributed by atoms with Crippen LogP contribution in [0.4, 0.5) is 0 Å². The summed E-state index contributed by atoms with van der Waals surface area (Å²) in [5.74, 6) is 1.53. The van der Waals surface area contributed by atoms with Gasteiger partial charge in [-0.15, -0.1) is 0 Å². The van der Waals surface area contributed by atoms with Crippen LogP contribution in [0.3, 0.4) is 0 Å². The Balaban J connectivity index is 1.99. The highest BCUT2D eigenvalue weighted by Crippen LogP contribution is 2.41. The van der Waals surface area contributed by atoms with Crippen molar-refractivity contribution in [3.8, 4) is 22.8 Å². The largest absolute Gasteiger partial charge is 0.490 e. The van der Waals surface area contributed by atoms with E-state index in [0.717, 1.165) is 59.7 Å². The van der Waals surface area contributed by atoms with Crippen molar-refractivity contribution in [2.45, 2.75) is 40.2 Å². The minimum atomic E-state index is 0.598. The van der Waals surface area contributed by atoms with Gasteiger partial charge in [0.2, 0.25) is 0 Å². The fourth-order valence-electron chi connectivity index (χ4n) is 3.17. The van der Waals surface area contributed by atoms with Gasteiger partial charge in [0.15, 0.2) is 11.5 Å². The van der Waals surface area contributed by atoms with Crippen molar-refractivity contribution in [2.75, 3.05) is 26.3 Å². The molecule has 0 saturated carbocycles. The van der Waals surface area contributed by atoms with Crippen LogP contribution in [0.1, 0.15) is 38.4 Å². The molecule has 0 fully saturated rings. The third-order valence-electron chi connectivity index (χ3n) is 4.49. The van der Waals surface area contributed by atoms with Crippen LogP contribution in [-0.4, -0.2) is 41.4 Å². The van der Waals surface area contributed by atoms with Crippen molar-refractivity contribution in [3.05, 3.63) is 27.9 Å². The Kier molecular flexibility index (Phi) is 6.02. The van der Waals surface area contributed by atoms with Crippen LogP contribution in [0.25, 0.3) is 11.3 Å². The summed E-state index contributed by atoms with van der Waals surface area (Å²) < 4.78 is 12.6. The molecule has 25 heavy (non-hydrogen) atoms. The van der Waals surface area contributed by atoms with Gasteiger partial charge in [-0.2, -0.15) is 5.10 Å². The Bertz CT molecular complexity index is 730. The van der Waals surface area contributed by atoms with Gasteiger partial charge in [-0.3, -0.25) is 10.00 Å². The number of hydrogen-bond donors (Lipinski definition) is 1. The number of nitrogens with zero attached hydrogens (tertiary/aromatic N) is 2. The molecule has 0 aliphatic carbocycles. The van der Waals surface area contributed by atoms with Crippen molar-refractivity contribution >= 4 is 15.9 Å². The van der Waals surface area contributed by atoms with E-state index in [1.54, 1.807) is 0 Å². The molecule has 0 radical (unpaired) electrons. The first-order valence-corrected chi connectivity index (χ1v) is 9.85. The fraction of sp³-hybridized carbons (Fsp3) is 0.526. The molecule has 1 aliphatic rings. The van der Waals surface area contributed by atoms with Crippen molar-refractivity contribution in [3.63, 3.8) is 0 Å². The van der Waals surface area contributed by atoms with Gasteiger partial charge < -0.3 is 9.47 Å². The number of likely N-dealkylation sites (N-methyl/N-ethyl adjacent to an activating group) is 1. The second-order valence-corrected chi connectivity index (χ2v) is 7.07. The zero-order valence-corrected chi connectivity index (χ0v) is 16.8. The summed E-state index contributed by atoms with van der Waals surface area (Å²) in [6.07, 6.45) is 1.98. The smallest absolute Gasteiger partial charge is 0.175 e. The highest BCUT2D eigenvalue weighted by Gasteiger charge is 2.23. The normalized spacial score (nSPS) is 14.4. The van der Waals surface area contributed by atoms with Gasteiger partial charge in [-0.25, -0.2) is 0 Å². The Morgan fingerprint density at radius 3 is 2.80 bits per heavy atom. The topological polar surface area (TPSA) is 50.4 Å². The highest BCUT2D eigenvalue weighted by molar-refractivity contribution is 9.10. The number of fused-ring (bicyclic) bond motifs is 1. The lowest BCUT2D eigenvalue weighted by Crippen LogP contribution is -2.30. The minimum Gasteiger partial charge on any atom is -0.490 e. The maximum Gasteiger partial charge on any atom is 0.175 e. The number of aromatic amines is 1. The molecule has 1 aliphatic heterocycles. The Labute approximate surface area is 157 Å². The molecule has 1 aromatic carbocycles. The number of nitrogens with one attached hydrogen (secondary N) is 1. The molecule has 1 N–H and O–H groups in total. The molecule has 136 valence electrons. The SMILES string of the molecule is CCCOc1c(Br)cc(-c2n[nH]c3c2CN(CC)CC3)cc1OCC. The van der Waals surface area contributed by atoms with E-state index in [-0.39, 0.29) is 0 Å². The van der Waals surface area contributed by atoms with Gasteiger partial charge in [0, 0.05) is 36.3 Å². The molecular weight excluding hydrogens is 382 g/mol. The molecule has 0 unspecified atom stereocenters. The second kappa shape index (κ2) is 8.23. The van der Waals surface area contributed by atoms with Crippen LogP contribution in [0, 0.1) is 0 Å². The van der Waals surface area contributed by atoms with Crippen molar-refractivity contribution < 1.29 is 9.47 Å². The Morgan fingerprint density at radius 2 is 2.08 bits per heavy atom. The molecule has 3 rings (SSSR count). The molecule has 0 spiro atoms. The van der Waals surface area contributed by atoms with Gasteiger partial charge in [0.25, 0.3) is 0 Å². The fourth-order valence-corrected chi connectivity index (χ4v) is 3.73. The van der Waals surface area contributed by atoms with E-state index < -0.39 is 0 Å². The first-order chi connectivity index (χ1) is 12.2. The third-order valence-corrected chi connectivity index (χ3v) is 5.08. The van der Waals surface area contributed by atoms with Crippen LogP contribution >= 0.6 is 15.9 Å². The molecular formula is C19H26BrN3O2. The maximum absolute atomic E-state index is 5.88. The van der Waals surface area contributed by atoms with E-state index in [2.05, 4.69) is 50.9 Å². The molecule has 5 nitrogen and oxygen atoms in total. The van der Waals surface area contributed by atoms with Crippen LogP contribution in [0.2, 0.25) is 0 Å². The predicted molar refractivity (Wildman–Crippen MR) is 103 cm³/mol. The number of ether oxygens (including phenoxy) is 2. The van der Waals surface area contributed by atoms with Gasteiger partial charge in [-0.05, 0) is 48.0 Å². The van der Waals surface area contributed by atoms with Crippen molar-refractivity contribution in [2.24, 2.45) is 0 Å². The molecule has 0 amide bonds. The maximum atomic E-state index is 5.88. The zero-order chi connectivity index (χ0) is 17.8. The first kappa shape index (κ1) is 18.3. The molecule has 6 heteroatoms. The standard InChI is InChI=1S/C19H26BrN3O2/c1-4-9-25-19-15(20)10-13(11-17(19)24-6-3)18-14-12-23(5-2)8-7-16(14)21-22-18/h10-11H,4-9,12H2,1-3H3,(H,21,22). The number of aromatic nitrogens is 2. The Hall–Kier alpha value is -1.53. The average molecular weight is 408 g/mol. The van der Waals surface area contributed by atoms with Crippen LogP contribution in [0.15, 0.2) is 16.6 Å². The lowest BCUT2D eigenvalue weighted by Gasteiger charge is -2.25. The van der Waals surface area contributed by atoms with Gasteiger partial charge in [-0.1, -0.05) is 13.8 Å². The summed E-state index contributed by atoms with van der Waals surface area (Å²) in [6, 6.07) is 4.12. The zero-order valence-electron chi connectivity index (χ0n) is 15.2. The van der Waals surface area contributed by atoms with E-state index in [9.17, 15) is 0 Å². The monoisotopic (exact) mass is 407 g/mol. The quantitative estimate of drug-likeness (QED) is 0.738. The highest BCUT2D eigenvalue weighted by atomic mass is 79.9. The van der Waals surface area contributed by atoms with Gasteiger partial charge in [0.1, 0.15) is 0 Å². The molecule has 2 aromatic rings. The minimum absolute atomic E-state index is 0.598. The molecule has 0 atom stereocenters. The summed E-state index contributed by atoms with van der Waals surface area (Å²) in [5.41, 5.74) is 4.61. The third kappa shape index (κ3) is 3.85. The van der Waals surface area contributed by atoms with E-state index in [0.29, 0.717) is 13.2 Å². The lowest BCUT2D eigenvalue weighted by atomic mass is 10.0. The molecule has 0 saturated heterocycles. The number of benzene rings is 1. The van der Waals surface area contributed by atoms with E-state index in [1.165, 1.54) is 11.3 Å². The van der Waals surface area contributed by atoms with Crippen LogP contribution in [-0.2, 0) is 13.0 Å². The van der Waals surface area contributed by atoms with E-state index in [1.807, 2.05) is 13.0 Å². The lowest BCUT2D eigenvalue weighted by molar-refractivity contribution is 0.267.